The van der Waals surface area contributed by atoms with Gasteiger partial charge in [0.25, 0.3) is 0 Å². The first-order chi connectivity index (χ1) is 9.95. The number of guanidine groups is 1. The third-order valence-electron chi connectivity index (χ3n) is 3.14. The second kappa shape index (κ2) is 8.71. The molecule has 0 aliphatic rings. The maximum atomic E-state index is 9.99. The van der Waals surface area contributed by atoms with Gasteiger partial charge in [0.2, 0.25) is 0 Å². The van der Waals surface area contributed by atoms with E-state index in [2.05, 4.69) is 17.2 Å². The first-order valence-corrected chi connectivity index (χ1v) is 7.72. The number of aliphatic imine (C=N–C) groups is 1. The highest BCUT2D eigenvalue weighted by Gasteiger charge is 2.09. The fourth-order valence-electron chi connectivity index (χ4n) is 1.79. The van der Waals surface area contributed by atoms with Crippen LogP contribution in [0.2, 0.25) is 4.34 Å². The molecule has 1 aromatic carbocycles. The van der Waals surface area contributed by atoms with Crippen LogP contribution in [0.25, 0.3) is 0 Å². The van der Waals surface area contributed by atoms with Crippen LogP contribution in [0.4, 0.5) is 5.69 Å². The normalized spacial score (nSPS) is 12.6. The zero-order chi connectivity index (χ0) is 15.4. The number of anilines is 1. The standard InChI is InChI=1S/C15H18ClN3OS.HI/c1-9-3-4-11(7-10(9)2)19-15(17)18-8-12(20)13-5-6-14(16)21-13;/h3-7,12,20H,8H2,1-2H3,(H3,17,18,19);1H. The predicted octanol–water partition coefficient (Wildman–Crippen LogP) is 4.10. The second-order valence-corrected chi connectivity index (χ2v) is 6.55. The van der Waals surface area contributed by atoms with E-state index in [9.17, 15) is 5.11 Å². The van der Waals surface area contributed by atoms with Gasteiger partial charge in [-0.2, -0.15) is 0 Å². The van der Waals surface area contributed by atoms with Gasteiger partial charge in [0.15, 0.2) is 5.96 Å². The van der Waals surface area contributed by atoms with Crippen molar-refractivity contribution in [1.82, 2.24) is 0 Å². The molecular formula is C15H19ClIN3OS. The third-order valence-corrected chi connectivity index (χ3v) is 4.47. The average molecular weight is 452 g/mol. The van der Waals surface area contributed by atoms with E-state index in [4.69, 9.17) is 17.3 Å². The lowest BCUT2D eigenvalue weighted by Gasteiger charge is -2.09. The van der Waals surface area contributed by atoms with Crippen LogP contribution in [-0.4, -0.2) is 17.6 Å². The summed E-state index contributed by atoms with van der Waals surface area (Å²) in [5, 5.41) is 13.0. The Labute approximate surface area is 156 Å². The number of nitrogens with two attached hydrogens (primary N) is 1. The van der Waals surface area contributed by atoms with E-state index >= 15 is 0 Å². The van der Waals surface area contributed by atoms with E-state index in [0.29, 0.717) is 4.34 Å². The molecule has 4 N–H and O–H groups in total. The van der Waals surface area contributed by atoms with Crippen LogP contribution in [0, 0.1) is 13.8 Å². The predicted molar refractivity (Wildman–Crippen MR) is 106 cm³/mol. The monoisotopic (exact) mass is 451 g/mol. The van der Waals surface area contributed by atoms with Gasteiger partial charge in [-0.25, -0.2) is 0 Å². The second-order valence-electron chi connectivity index (χ2n) is 4.81. The Morgan fingerprint density at radius 2 is 2.05 bits per heavy atom. The van der Waals surface area contributed by atoms with Crippen molar-refractivity contribution in [2.45, 2.75) is 20.0 Å². The largest absolute Gasteiger partial charge is 0.386 e. The van der Waals surface area contributed by atoms with Gasteiger partial charge in [0, 0.05) is 10.6 Å². The Kier molecular flexibility index (Phi) is 7.61. The summed E-state index contributed by atoms with van der Waals surface area (Å²) >= 11 is 7.18. The number of hydrogen-bond acceptors (Lipinski definition) is 3. The molecule has 0 aliphatic heterocycles. The zero-order valence-electron chi connectivity index (χ0n) is 12.3. The van der Waals surface area contributed by atoms with E-state index in [-0.39, 0.29) is 36.5 Å². The van der Waals surface area contributed by atoms with Gasteiger partial charge in [-0.3, -0.25) is 4.99 Å². The molecule has 0 fully saturated rings. The molecule has 0 amide bonds. The van der Waals surface area contributed by atoms with Crippen molar-refractivity contribution in [3.63, 3.8) is 0 Å². The molecule has 1 aromatic heterocycles. The quantitative estimate of drug-likeness (QED) is 0.372. The van der Waals surface area contributed by atoms with Gasteiger partial charge >= 0.3 is 0 Å². The lowest BCUT2D eigenvalue weighted by molar-refractivity contribution is 0.191. The highest BCUT2D eigenvalue weighted by Crippen LogP contribution is 2.26. The lowest BCUT2D eigenvalue weighted by atomic mass is 10.1. The van der Waals surface area contributed by atoms with Gasteiger partial charge in [0.05, 0.1) is 10.9 Å². The first-order valence-electron chi connectivity index (χ1n) is 6.53. The van der Waals surface area contributed by atoms with E-state index in [1.165, 1.54) is 22.5 Å². The van der Waals surface area contributed by atoms with Gasteiger partial charge < -0.3 is 16.2 Å². The zero-order valence-corrected chi connectivity index (χ0v) is 16.2. The van der Waals surface area contributed by atoms with Crippen molar-refractivity contribution in [3.8, 4) is 0 Å². The molecule has 4 nitrogen and oxygen atoms in total. The number of aryl methyl sites for hydroxylation is 2. The number of benzene rings is 1. The number of aliphatic hydroxyl groups excluding tert-OH is 1. The van der Waals surface area contributed by atoms with Crippen molar-refractivity contribution in [3.05, 3.63) is 50.7 Å². The van der Waals surface area contributed by atoms with Gasteiger partial charge in [-0.1, -0.05) is 17.7 Å². The third kappa shape index (κ3) is 5.42. The van der Waals surface area contributed by atoms with Gasteiger partial charge in [-0.15, -0.1) is 35.3 Å². The Morgan fingerprint density at radius 3 is 2.64 bits per heavy atom. The number of aliphatic hydroxyl groups is 1. The van der Waals surface area contributed by atoms with E-state index in [1.54, 1.807) is 12.1 Å². The fourth-order valence-corrected chi connectivity index (χ4v) is 2.83. The van der Waals surface area contributed by atoms with Crippen molar-refractivity contribution in [1.29, 1.82) is 0 Å². The minimum Gasteiger partial charge on any atom is -0.386 e. The Bertz CT molecular complexity index is 660. The molecule has 0 aliphatic carbocycles. The highest BCUT2D eigenvalue weighted by atomic mass is 127. The van der Waals surface area contributed by atoms with Crippen molar-refractivity contribution < 1.29 is 5.11 Å². The SMILES string of the molecule is Cc1ccc(NC(N)=NCC(O)c2ccc(Cl)s2)cc1C.I. The van der Waals surface area contributed by atoms with E-state index in [1.807, 2.05) is 25.1 Å². The van der Waals surface area contributed by atoms with Crippen molar-refractivity contribution in [2.75, 3.05) is 11.9 Å². The Hall–Kier alpha value is -0.830. The van der Waals surface area contributed by atoms with Crippen LogP contribution in [0.1, 0.15) is 22.1 Å². The topological polar surface area (TPSA) is 70.6 Å². The van der Waals surface area contributed by atoms with Crippen LogP contribution in [0.15, 0.2) is 35.3 Å². The molecule has 0 spiro atoms. The molecule has 7 heteroatoms. The Morgan fingerprint density at radius 1 is 1.32 bits per heavy atom. The summed E-state index contributed by atoms with van der Waals surface area (Å²) in [4.78, 5) is 4.93. The van der Waals surface area contributed by atoms with Crippen LogP contribution in [-0.2, 0) is 0 Å². The minimum absolute atomic E-state index is 0. The molecule has 22 heavy (non-hydrogen) atoms. The summed E-state index contributed by atoms with van der Waals surface area (Å²) in [6.45, 7) is 4.29. The van der Waals surface area contributed by atoms with Crippen LogP contribution in [0.3, 0.4) is 0 Å². The van der Waals surface area contributed by atoms with Crippen LogP contribution >= 0.6 is 46.9 Å². The highest BCUT2D eigenvalue weighted by molar-refractivity contribution is 14.0. The van der Waals surface area contributed by atoms with Crippen LogP contribution in [0.5, 0.6) is 0 Å². The molecule has 2 aromatic rings. The average Bonchev–Trinajstić information content (AvgIpc) is 2.87. The maximum absolute atomic E-state index is 9.99. The molecule has 1 atom stereocenters. The van der Waals surface area contributed by atoms with E-state index in [0.717, 1.165) is 10.6 Å². The summed E-state index contributed by atoms with van der Waals surface area (Å²) in [7, 11) is 0. The number of halogens is 2. The van der Waals surface area contributed by atoms with Crippen LogP contribution < -0.4 is 11.1 Å². The van der Waals surface area contributed by atoms with E-state index < -0.39 is 6.10 Å². The molecule has 0 saturated carbocycles. The number of hydrogen-bond donors (Lipinski definition) is 3. The molecule has 0 bridgehead atoms. The van der Waals surface area contributed by atoms with Crippen molar-refractivity contribution in [2.24, 2.45) is 10.7 Å². The molecule has 120 valence electrons. The summed E-state index contributed by atoms with van der Waals surface area (Å²) in [5.41, 5.74) is 9.12. The molecule has 1 unspecified atom stereocenters. The molecule has 0 radical (unpaired) electrons. The summed E-state index contributed by atoms with van der Waals surface area (Å²) in [5.74, 6) is 0.278. The summed E-state index contributed by atoms with van der Waals surface area (Å²) < 4.78 is 0.647. The molecule has 2 rings (SSSR count). The van der Waals surface area contributed by atoms with Gasteiger partial charge in [-0.05, 0) is 49.2 Å². The smallest absolute Gasteiger partial charge is 0.193 e. The Balaban J connectivity index is 0.00000242. The molecular weight excluding hydrogens is 433 g/mol. The lowest BCUT2D eigenvalue weighted by Crippen LogP contribution is -2.23. The maximum Gasteiger partial charge on any atom is 0.193 e. The number of nitrogens with zero attached hydrogens (tertiary/aromatic N) is 1. The van der Waals surface area contributed by atoms with Gasteiger partial charge in [0.1, 0.15) is 6.10 Å². The number of nitrogens with one attached hydrogen (secondary N) is 1. The first kappa shape index (κ1) is 19.2. The summed E-state index contributed by atoms with van der Waals surface area (Å²) in [6.07, 6.45) is -0.692. The number of thiophene rings is 1. The minimum atomic E-state index is -0.692. The summed E-state index contributed by atoms with van der Waals surface area (Å²) in [6, 6.07) is 9.52. The molecule has 0 saturated heterocycles. The fraction of sp³-hybridized carbons (Fsp3) is 0.267. The molecule has 1 heterocycles. The van der Waals surface area contributed by atoms with Crippen molar-refractivity contribution >= 4 is 58.6 Å². The number of rotatable bonds is 4.